The number of benzene rings is 2. The molecule has 1 unspecified atom stereocenters. The molecular formula is C18H17FN2. The van der Waals surface area contributed by atoms with E-state index in [1.54, 1.807) is 12.3 Å². The van der Waals surface area contributed by atoms with Crippen LogP contribution in [-0.4, -0.2) is 11.0 Å². The first-order valence-electron chi connectivity index (χ1n) is 7.07. The lowest BCUT2D eigenvalue weighted by Gasteiger charge is -2.17. The molecular weight excluding hydrogens is 263 g/mol. The highest BCUT2D eigenvalue weighted by Gasteiger charge is 2.09. The Balaban J connectivity index is 1.81. The molecule has 1 aromatic heterocycles. The van der Waals surface area contributed by atoms with Gasteiger partial charge in [-0.15, -0.1) is 0 Å². The van der Waals surface area contributed by atoms with Gasteiger partial charge in [-0.1, -0.05) is 30.3 Å². The number of fused-ring (bicyclic) bond motifs is 1. The van der Waals surface area contributed by atoms with Crippen LogP contribution in [-0.2, 0) is 6.42 Å². The predicted molar refractivity (Wildman–Crippen MR) is 84.9 cm³/mol. The van der Waals surface area contributed by atoms with Crippen molar-refractivity contribution in [1.82, 2.24) is 4.98 Å². The topological polar surface area (TPSA) is 24.9 Å². The fourth-order valence-corrected chi connectivity index (χ4v) is 2.55. The Morgan fingerprint density at radius 3 is 2.81 bits per heavy atom. The van der Waals surface area contributed by atoms with Crippen LogP contribution in [0.3, 0.4) is 0 Å². The third kappa shape index (κ3) is 3.02. The van der Waals surface area contributed by atoms with Gasteiger partial charge in [0.2, 0.25) is 0 Å². The Labute approximate surface area is 123 Å². The fraction of sp³-hybridized carbons (Fsp3) is 0.167. The Morgan fingerprint density at radius 2 is 1.95 bits per heavy atom. The lowest BCUT2D eigenvalue weighted by Crippen LogP contribution is -2.18. The van der Waals surface area contributed by atoms with Crippen molar-refractivity contribution in [2.75, 3.05) is 5.32 Å². The van der Waals surface area contributed by atoms with Gasteiger partial charge in [-0.3, -0.25) is 4.98 Å². The molecule has 0 bridgehead atoms. The summed E-state index contributed by atoms with van der Waals surface area (Å²) >= 11 is 0. The molecule has 3 aromatic rings. The molecule has 1 heterocycles. The molecule has 2 aromatic carbocycles. The highest BCUT2D eigenvalue weighted by atomic mass is 19.1. The van der Waals surface area contributed by atoms with Gasteiger partial charge in [-0.05, 0) is 42.5 Å². The molecule has 21 heavy (non-hydrogen) atoms. The molecule has 106 valence electrons. The van der Waals surface area contributed by atoms with Crippen LogP contribution in [0, 0.1) is 5.82 Å². The molecule has 1 N–H and O–H groups in total. The molecule has 0 saturated heterocycles. The Morgan fingerprint density at radius 1 is 1.10 bits per heavy atom. The second-order valence-electron chi connectivity index (χ2n) is 5.24. The van der Waals surface area contributed by atoms with E-state index in [0.717, 1.165) is 22.0 Å². The van der Waals surface area contributed by atoms with E-state index in [0.29, 0.717) is 6.42 Å². The summed E-state index contributed by atoms with van der Waals surface area (Å²) in [5.41, 5.74) is 1.76. The molecule has 2 nitrogen and oxygen atoms in total. The number of pyridine rings is 1. The van der Waals surface area contributed by atoms with E-state index in [9.17, 15) is 4.39 Å². The van der Waals surface area contributed by atoms with E-state index < -0.39 is 0 Å². The van der Waals surface area contributed by atoms with Crippen molar-refractivity contribution in [2.24, 2.45) is 0 Å². The standard InChI is InChI=1S/C18H17FN2/c1-13(11-15-5-2-3-7-17(15)19)21-18-8-4-6-14-9-10-20-12-16(14)18/h2-10,12-13,21H,11H2,1H3. The summed E-state index contributed by atoms with van der Waals surface area (Å²) in [6.07, 6.45) is 4.28. The van der Waals surface area contributed by atoms with E-state index in [4.69, 9.17) is 0 Å². The van der Waals surface area contributed by atoms with Gasteiger partial charge in [-0.2, -0.15) is 0 Å². The zero-order chi connectivity index (χ0) is 14.7. The first-order chi connectivity index (χ1) is 10.2. The lowest BCUT2D eigenvalue weighted by atomic mass is 10.1. The van der Waals surface area contributed by atoms with Crippen LogP contribution in [0.2, 0.25) is 0 Å². The van der Waals surface area contributed by atoms with E-state index in [1.165, 1.54) is 6.07 Å². The van der Waals surface area contributed by atoms with Crippen molar-refractivity contribution in [3.05, 3.63) is 72.3 Å². The number of nitrogens with zero attached hydrogens (tertiary/aromatic N) is 1. The second kappa shape index (κ2) is 5.92. The number of anilines is 1. The van der Waals surface area contributed by atoms with Crippen molar-refractivity contribution in [3.8, 4) is 0 Å². The van der Waals surface area contributed by atoms with Gasteiger partial charge in [0, 0.05) is 29.5 Å². The third-order valence-electron chi connectivity index (χ3n) is 3.57. The number of hydrogen-bond acceptors (Lipinski definition) is 2. The molecule has 0 saturated carbocycles. The number of aromatic nitrogens is 1. The molecule has 1 atom stereocenters. The zero-order valence-electron chi connectivity index (χ0n) is 11.9. The van der Waals surface area contributed by atoms with Crippen molar-refractivity contribution >= 4 is 16.5 Å². The minimum absolute atomic E-state index is 0.132. The van der Waals surface area contributed by atoms with Gasteiger partial charge < -0.3 is 5.32 Å². The summed E-state index contributed by atoms with van der Waals surface area (Å²) in [4.78, 5) is 4.18. The normalized spacial score (nSPS) is 12.3. The van der Waals surface area contributed by atoms with Crippen molar-refractivity contribution in [2.45, 2.75) is 19.4 Å². The highest BCUT2D eigenvalue weighted by Crippen LogP contribution is 2.23. The van der Waals surface area contributed by atoms with Gasteiger partial charge in [0.1, 0.15) is 5.82 Å². The quantitative estimate of drug-likeness (QED) is 0.765. The van der Waals surface area contributed by atoms with Crippen LogP contribution in [0.4, 0.5) is 10.1 Å². The van der Waals surface area contributed by atoms with Crippen LogP contribution in [0.1, 0.15) is 12.5 Å². The molecule has 0 spiro atoms. The zero-order valence-corrected chi connectivity index (χ0v) is 11.9. The molecule has 0 fully saturated rings. The average molecular weight is 280 g/mol. The van der Waals surface area contributed by atoms with E-state index >= 15 is 0 Å². The van der Waals surface area contributed by atoms with Crippen molar-refractivity contribution in [3.63, 3.8) is 0 Å². The summed E-state index contributed by atoms with van der Waals surface area (Å²) in [5, 5.41) is 5.68. The van der Waals surface area contributed by atoms with Crippen LogP contribution < -0.4 is 5.32 Å². The minimum Gasteiger partial charge on any atom is -0.382 e. The van der Waals surface area contributed by atoms with Gasteiger partial charge in [0.15, 0.2) is 0 Å². The van der Waals surface area contributed by atoms with Gasteiger partial charge in [0.25, 0.3) is 0 Å². The summed E-state index contributed by atoms with van der Waals surface area (Å²) in [7, 11) is 0. The Bertz CT molecular complexity index is 750. The van der Waals surface area contributed by atoms with E-state index in [1.807, 2.05) is 36.5 Å². The largest absolute Gasteiger partial charge is 0.382 e. The average Bonchev–Trinajstić information content (AvgIpc) is 2.50. The van der Waals surface area contributed by atoms with Crippen LogP contribution in [0.25, 0.3) is 10.8 Å². The van der Waals surface area contributed by atoms with Crippen LogP contribution in [0.5, 0.6) is 0 Å². The van der Waals surface area contributed by atoms with E-state index in [-0.39, 0.29) is 11.9 Å². The maximum atomic E-state index is 13.7. The molecule has 0 aliphatic carbocycles. The fourth-order valence-electron chi connectivity index (χ4n) is 2.55. The molecule has 0 aliphatic heterocycles. The van der Waals surface area contributed by atoms with Gasteiger partial charge >= 0.3 is 0 Å². The predicted octanol–water partition coefficient (Wildman–Crippen LogP) is 4.42. The maximum absolute atomic E-state index is 13.7. The van der Waals surface area contributed by atoms with Crippen LogP contribution >= 0.6 is 0 Å². The number of halogens is 1. The van der Waals surface area contributed by atoms with Gasteiger partial charge in [-0.25, -0.2) is 4.39 Å². The number of hydrogen-bond donors (Lipinski definition) is 1. The number of rotatable bonds is 4. The monoisotopic (exact) mass is 280 g/mol. The summed E-state index contributed by atoms with van der Waals surface area (Å²) in [6.45, 7) is 2.06. The van der Waals surface area contributed by atoms with E-state index in [2.05, 4.69) is 23.3 Å². The summed E-state index contributed by atoms with van der Waals surface area (Å²) < 4.78 is 13.7. The third-order valence-corrected chi connectivity index (χ3v) is 3.57. The second-order valence-corrected chi connectivity index (χ2v) is 5.24. The number of nitrogens with one attached hydrogen (secondary N) is 1. The molecule has 3 rings (SSSR count). The Kier molecular flexibility index (Phi) is 3.82. The summed E-state index contributed by atoms with van der Waals surface area (Å²) in [6, 6.07) is 15.1. The molecule has 0 amide bonds. The first kappa shape index (κ1) is 13.6. The highest BCUT2D eigenvalue weighted by molar-refractivity contribution is 5.93. The minimum atomic E-state index is -0.147. The Hall–Kier alpha value is -2.42. The maximum Gasteiger partial charge on any atom is 0.126 e. The van der Waals surface area contributed by atoms with Crippen LogP contribution in [0.15, 0.2) is 60.9 Å². The lowest BCUT2D eigenvalue weighted by molar-refractivity contribution is 0.601. The van der Waals surface area contributed by atoms with Crippen molar-refractivity contribution in [1.29, 1.82) is 0 Å². The smallest absolute Gasteiger partial charge is 0.126 e. The molecule has 3 heteroatoms. The molecule has 0 radical (unpaired) electrons. The first-order valence-corrected chi connectivity index (χ1v) is 7.07. The SMILES string of the molecule is CC(Cc1ccccc1F)Nc1cccc2ccncc12. The molecule has 0 aliphatic rings. The summed E-state index contributed by atoms with van der Waals surface area (Å²) in [5.74, 6) is -0.147. The van der Waals surface area contributed by atoms with Gasteiger partial charge in [0.05, 0.1) is 0 Å². The van der Waals surface area contributed by atoms with Crippen molar-refractivity contribution < 1.29 is 4.39 Å².